The van der Waals surface area contributed by atoms with E-state index in [1.807, 2.05) is 0 Å². The fraction of sp³-hybridized carbons (Fsp3) is 0.833. The topological polar surface area (TPSA) is 41.1 Å². The van der Waals surface area contributed by atoms with E-state index in [2.05, 4.69) is 10.6 Å². The first-order chi connectivity index (χ1) is 5.09. The first-order valence-electron chi connectivity index (χ1n) is 3.50. The Labute approximate surface area is 62.1 Å². The molecule has 0 aliphatic carbocycles. The summed E-state index contributed by atoms with van der Waals surface area (Å²) in [5.74, 6) is -3.05. The number of carbonyl (C=O) groups excluding carboxylic acids is 1. The zero-order valence-electron chi connectivity index (χ0n) is 5.73. The molecule has 0 spiro atoms. The van der Waals surface area contributed by atoms with Crippen molar-refractivity contribution in [3.8, 4) is 0 Å². The van der Waals surface area contributed by atoms with E-state index in [0.29, 0.717) is 0 Å². The van der Waals surface area contributed by atoms with Crippen molar-refractivity contribution in [1.29, 1.82) is 0 Å². The summed E-state index contributed by atoms with van der Waals surface area (Å²) in [7, 11) is 0. The monoisotopic (exact) mass is 162 g/mol. The van der Waals surface area contributed by atoms with Crippen LogP contribution in [-0.2, 0) is 4.79 Å². The van der Waals surface area contributed by atoms with Crippen molar-refractivity contribution < 1.29 is 13.6 Å². The molecule has 2 saturated heterocycles. The van der Waals surface area contributed by atoms with E-state index in [1.54, 1.807) is 0 Å². The number of fused-ring (bicyclic) bond motifs is 1. The second-order valence-electron chi connectivity index (χ2n) is 3.00. The maximum absolute atomic E-state index is 12.8. The van der Waals surface area contributed by atoms with Gasteiger partial charge in [-0.15, -0.1) is 0 Å². The van der Waals surface area contributed by atoms with Gasteiger partial charge in [-0.3, -0.25) is 4.79 Å². The van der Waals surface area contributed by atoms with Crippen LogP contribution in [0, 0.1) is 0 Å². The molecule has 0 radical (unpaired) electrons. The highest BCUT2D eigenvalue weighted by Crippen LogP contribution is 2.30. The van der Waals surface area contributed by atoms with Crippen molar-refractivity contribution in [2.75, 3.05) is 6.54 Å². The molecule has 0 aromatic heterocycles. The van der Waals surface area contributed by atoms with Crippen molar-refractivity contribution >= 4 is 5.91 Å². The van der Waals surface area contributed by atoms with Crippen LogP contribution in [0.5, 0.6) is 0 Å². The first kappa shape index (κ1) is 6.97. The Hall–Kier alpha value is -0.710. The van der Waals surface area contributed by atoms with Gasteiger partial charge in [0.1, 0.15) is 6.04 Å². The van der Waals surface area contributed by atoms with Crippen molar-refractivity contribution in [2.24, 2.45) is 0 Å². The Morgan fingerprint density at radius 1 is 1.55 bits per heavy atom. The van der Waals surface area contributed by atoms with E-state index in [0.717, 1.165) is 0 Å². The average Bonchev–Trinajstić information content (AvgIpc) is 2.35. The molecule has 0 aromatic rings. The van der Waals surface area contributed by atoms with E-state index >= 15 is 0 Å². The molecule has 0 bridgehead atoms. The van der Waals surface area contributed by atoms with Gasteiger partial charge in [-0.05, 0) is 0 Å². The molecule has 0 aromatic carbocycles. The molecule has 5 heteroatoms. The van der Waals surface area contributed by atoms with E-state index in [-0.39, 0.29) is 24.9 Å². The zero-order valence-corrected chi connectivity index (χ0v) is 5.73. The van der Waals surface area contributed by atoms with Crippen LogP contribution in [-0.4, -0.2) is 30.5 Å². The summed E-state index contributed by atoms with van der Waals surface area (Å²) < 4.78 is 25.6. The molecule has 2 atom stereocenters. The van der Waals surface area contributed by atoms with Gasteiger partial charge in [0.15, 0.2) is 0 Å². The number of nitrogens with one attached hydrogen (secondary N) is 2. The average molecular weight is 162 g/mol. The van der Waals surface area contributed by atoms with E-state index in [1.165, 1.54) is 0 Å². The van der Waals surface area contributed by atoms with Crippen LogP contribution in [0.25, 0.3) is 0 Å². The second-order valence-corrected chi connectivity index (χ2v) is 3.00. The van der Waals surface area contributed by atoms with Crippen LogP contribution in [0.2, 0.25) is 0 Å². The molecule has 0 saturated carbocycles. The maximum atomic E-state index is 12.8. The number of halogens is 2. The largest absolute Gasteiger partial charge is 0.346 e. The van der Waals surface area contributed by atoms with Crippen LogP contribution in [0.1, 0.15) is 6.42 Å². The standard InChI is InChI=1S/C6H8F2N2O/c7-6(8)2-9-3-1-4(11)10-5(3)6/h3,5,9H,1-2H2,(H,10,11). The third-order valence-electron chi connectivity index (χ3n) is 2.18. The smallest absolute Gasteiger partial charge is 0.281 e. The minimum Gasteiger partial charge on any atom is -0.346 e. The molecular formula is C6H8F2N2O. The van der Waals surface area contributed by atoms with Gasteiger partial charge in [0, 0.05) is 12.5 Å². The Morgan fingerprint density at radius 2 is 2.27 bits per heavy atom. The number of alkyl halides is 2. The lowest BCUT2D eigenvalue weighted by molar-refractivity contribution is -0.121. The van der Waals surface area contributed by atoms with Crippen LogP contribution >= 0.6 is 0 Å². The van der Waals surface area contributed by atoms with Crippen LogP contribution in [0.15, 0.2) is 0 Å². The molecule has 2 N–H and O–H groups in total. The Morgan fingerprint density at radius 3 is 2.91 bits per heavy atom. The van der Waals surface area contributed by atoms with Crippen molar-refractivity contribution in [2.45, 2.75) is 24.4 Å². The SMILES string of the molecule is O=C1CC2NCC(F)(F)C2N1. The van der Waals surface area contributed by atoms with E-state index in [4.69, 9.17) is 0 Å². The van der Waals surface area contributed by atoms with Gasteiger partial charge in [0.25, 0.3) is 5.92 Å². The zero-order chi connectivity index (χ0) is 8.06. The fourth-order valence-corrected chi connectivity index (χ4v) is 1.62. The molecule has 11 heavy (non-hydrogen) atoms. The Kier molecular flexibility index (Phi) is 1.21. The van der Waals surface area contributed by atoms with Crippen molar-refractivity contribution in [3.63, 3.8) is 0 Å². The minimum absolute atomic E-state index is 0.181. The van der Waals surface area contributed by atoms with Crippen LogP contribution < -0.4 is 10.6 Å². The van der Waals surface area contributed by atoms with Gasteiger partial charge in [-0.1, -0.05) is 0 Å². The van der Waals surface area contributed by atoms with E-state index in [9.17, 15) is 13.6 Å². The van der Waals surface area contributed by atoms with Gasteiger partial charge in [-0.25, -0.2) is 8.78 Å². The Bertz CT molecular complexity index is 207. The number of hydrogen-bond donors (Lipinski definition) is 2. The van der Waals surface area contributed by atoms with Gasteiger partial charge in [0.05, 0.1) is 6.54 Å². The highest BCUT2D eigenvalue weighted by molar-refractivity contribution is 5.80. The summed E-state index contributed by atoms with van der Waals surface area (Å²) in [5, 5.41) is 4.86. The molecule has 2 rings (SSSR count). The first-order valence-corrected chi connectivity index (χ1v) is 3.50. The summed E-state index contributed by atoms with van der Waals surface area (Å²) >= 11 is 0. The molecule has 2 aliphatic heterocycles. The summed E-state index contributed by atoms with van der Waals surface area (Å²) in [6, 6.07) is -1.34. The number of hydrogen-bond acceptors (Lipinski definition) is 2. The molecular weight excluding hydrogens is 154 g/mol. The predicted molar refractivity (Wildman–Crippen MR) is 33.3 cm³/mol. The van der Waals surface area contributed by atoms with Crippen molar-refractivity contribution in [1.82, 2.24) is 10.6 Å². The minimum atomic E-state index is -2.77. The third kappa shape index (κ3) is 0.910. The normalized spacial score (nSPS) is 40.4. The van der Waals surface area contributed by atoms with Gasteiger partial charge in [-0.2, -0.15) is 0 Å². The highest BCUT2D eigenvalue weighted by atomic mass is 19.3. The number of rotatable bonds is 0. The summed E-state index contributed by atoms with van der Waals surface area (Å²) in [4.78, 5) is 10.7. The number of amides is 1. The molecule has 1 amide bonds. The fourth-order valence-electron chi connectivity index (χ4n) is 1.62. The van der Waals surface area contributed by atoms with Gasteiger partial charge < -0.3 is 10.6 Å². The summed E-state index contributed by atoms with van der Waals surface area (Å²) in [6.45, 7) is -0.317. The quantitative estimate of drug-likeness (QED) is 0.503. The molecule has 2 aliphatic rings. The molecule has 2 fully saturated rings. The molecule has 3 nitrogen and oxygen atoms in total. The van der Waals surface area contributed by atoms with E-state index < -0.39 is 12.0 Å². The molecule has 2 heterocycles. The lowest BCUT2D eigenvalue weighted by Gasteiger charge is -2.15. The highest BCUT2D eigenvalue weighted by Gasteiger charge is 2.54. The number of carbonyl (C=O) groups is 1. The molecule has 2 unspecified atom stereocenters. The maximum Gasteiger partial charge on any atom is 0.281 e. The third-order valence-corrected chi connectivity index (χ3v) is 2.18. The second kappa shape index (κ2) is 1.91. The van der Waals surface area contributed by atoms with Gasteiger partial charge >= 0.3 is 0 Å². The summed E-state index contributed by atoms with van der Waals surface area (Å²) in [5.41, 5.74) is 0. The summed E-state index contributed by atoms with van der Waals surface area (Å²) in [6.07, 6.45) is 0.181. The van der Waals surface area contributed by atoms with Gasteiger partial charge in [0.2, 0.25) is 5.91 Å². The van der Waals surface area contributed by atoms with Crippen LogP contribution in [0.3, 0.4) is 0 Å². The van der Waals surface area contributed by atoms with Crippen LogP contribution in [0.4, 0.5) is 8.78 Å². The lowest BCUT2D eigenvalue weighted by Crippen LogP contribution is -2.43. The molecule has 62 valence electrons. The lowest BCUT2D eigenvalue weighted by atomic mass is 10.1. The predicted octanol–water partition coefficient (Wildman–Crippen LogP) is -0.518. The Balaban J connectivity index is 2.19. The van der Waals surface area contributed by atoms with Crippen molar-refractivity contribution in [3.05, 3.63) is 0 Å².